The molecule has 0 aliphatic heterocycles. The number of ether oxygens (including phenoxy) is 1. The Morgan fingerprint density at radius 3 is 2.62 bits per heavy atom. The number of hydrogen-bond donors (Lipinski definition) is 0. The molecule has 0 radical (unpaired) electrons. The van der Waals surface area contributed by atoms with E-state index in [9.17, 15) is 9.18 Å². The molecule has 0 bridgehead atoms. The van der Waals surface area contributed by atoms with Crippen LogP contribution in [0, 0.1) is 5.82 Å². The Bertz CT molecular complexity index is 647. The highest BCUT2D eigenvalue weighted by Crippen LogP contribution is 2.23. The van der Waals surface area contributed by atoms with Gasteiger partial charge in [0.15, 0.2) is 0 Å². The Kier molecular flexibility index (Phi) is 5.15. The first kappa shape index (κ1) is 15.7. The Morgan fingerprint density at radius 2 is 1.95 bits per heavy atom. The van der Waals surface area contributed by atoms with Crippen LogP contribution < -0.4 is 0 Å². The maximum Gasteiger partial charge on any atom is 0.254 e. The third-order valence-electron chi connectivity index (χ3n) is 3.27. The number of fused-ring (bicyclic) bond motifs is 1. The van der Waals surface area contributed by atoms with Crippen molar-refractivity contribution in [1.82, 2.24) is 4.90 Å². The lowest BCUT2D eigenvalue weighted by atomic mass is 10.0. The summed E-state index contributed by atoms with van der Waals surface area (Å²) >= 11 is 6.07. The van der Waals surface area contributed by atoms with E-state index in [1.54, 1.807) is 38.4 Å². The lowest BCUT2D eigenvalue weighted by Crippen LogP contribution is -2.34. The van der Waals surface area contributed by atoms with Crippen LogP contribution in [0.5, 0.6) is 0 Å². The molecule has 1 unspecified atom stereocenters. The summed E-state index contributed by atoms with van der Waals surface area (Å²) in [6.07, 6.45) is 0. The number of carbonyl (C=O) groups is 1. The van der Waals surface area contributed by atoms with Gasteiger partial charge >= 0.3 is 0 Å². The zero-order chi connectivity index (χ0) is 15.4. The second-order valence-electron chi connectivity index (χ2n) is 4.88. The minimum atomic E-state index is -0.334. The van der Waals surface area contributed by atoms with Gasteiger partial charge in [-0.1, -0.05) is 24.3 Å². The quantitative estimate of drug-likeness (QED) is 0.793. The fraction of sp³-hybridized carbons (Fsp3) is 0.312. The molecule has 112 valence electrons. The fourth-order valence-corrected chi connectivity index (χ4v) is 2.60. The van der Waals surface area contributed by atoms with Crippen molar-refractivity contribution in [3.63, 3.8) is 0 Å². The van der Waals surface area contributed by atoms with Crippen LogP contribution in [0.1, 0.15) is 10.4 Å². The Labute approximate surface area is 128 Å². The van der Waals surface area contributed by atoms with Crippen molar-refractivity contribution in [2.45, 2.75) is 5.38 Å². The molecule has 0 heterocycles. The molecule has 2 rings (SSSR count). The first-order valence-electron chi connectivity index (χ1n) is 6.60. The summed E-state index contributed by atoms with van der Waals surface area (Å²) in [5, 5.41) is 0.763. The van der Waals surface area contributed by atoms with Gasteiger partial charge in [-0.15, -0.1) is 11.6 Å². The van der Waals surface area contributed by atoms with E-state index < -0.39 is 0 Å². The maximum absolute atomic E-state index is 13.8. The van der Waals surface area contributed by atoms with Crippen molar-refractivity contribution in [3.05, 3.63) is 47.8 Å². The molecular formula is C16H17ClFNO2. The van der Waals surface area contributed by atoms with Gasteiger partial charge in [0.25, 0.3) is 5.91 Å². The highest BCUT2D eigenvalue weighted by molar-refractivity contribution is 6.21. The monoisotopic (exact) mass is 309 g/mol. The summed E-state index contributed by atoms with van der Waals surface area (Å²) in [6.45, 7) is 0.725. The van der Waals surface area contributed by atoms with Crippen molar-refractivity contribution in [3.8, 4) is 0 Å². The standard InChI is InChI=1S/C16H17ClFNO2/c1-19(9-11(17)10-21-2)16(20)14-7-8-15(18)13-6-4-3-5-12(13)14/h3-8,11H,9-10H2,1-2H3. The molecule has 21 heavy (non-hydrogen) atoms. The summed E-state index contributed by atoms with van der Waals surface area (Å²) in [7, 11) is 3.23. The molecule has 0 aromatic heterocycles. The van der Waals surface area contributed by atoms with E-state index in [-0.39, 0.29) is 17.1 Å². The summed E-state index contributed by atoms with van der Waals surface area (Å²) in [5.74, 6) is -0.521. The van der Waals surface area contributed by atoms with Crippen LogP contribution in [-0.4, -0.2) is 43.5 Å². The number of benzene rings is 2. The highest BCUT2D eigenvalue weighted by atomic mass is 35.5. The topological polar surface area (TPSA) is 29.5 Å². The van der Waals surface area contributed by atoms with E-state index in [2.05, 4.69) is 0 Å². The summed E-state index contributed by atoms with van der Waals surface area (Å²) in [6, 6.07) is 9.76. The van der Waals surface area contributed by atoms with Crippen LogP contribution in [0.4, 0.5) is 4.39 Å². The molecule has 0 saturated heterocycles. The summed E-state index contributed by atoms with van der Waals surface area (Å²) in [4.78, 5) is 14.0. The van der Waals surface area contributed by atoms with Crippen molar-refractivity contribution in [2.24, 2.45) is 0 Å². The molecule has 1 amide bonds. The van der Waals surface area contributed by atoms with Gasteiger partial charge in [-0.2, -0.15) is 0 Å². The molecule has 0 aliphatic rings. The fourth-order valence-electron chi connectivity index (χ4n) is 2.27. The SMILES string of the molecule is COCC(Cl)CN(C)C(=O)c1ccc(F)c2ccccc12. The zero-order valence-corrected chi connectivity index (χ0v) is 12.7. The van der Waals surface area contributed by atoms with Gasteiger partial charge in [-0.3, -0.25) is 4.79 Å². The first-order chi connectivity index (χ1) is 10.0. The molecule has 0 spiro atoms. The van der Waals surface area contributed by atoms with Gasteiger partial charge in [0.2, 0.25) is 0 Å². The largest absolute Gasteiger partial charge is 0.383 e. The second kappa shape index (κ2) is 6.87. The van der Waals surface area contributed by atoms with E-state index >= 15 is 0 Å². The predicted octanol–water partition coefficient (Wildman–Crippen LogP) is 3.30. The van der Waals surface area contributed by atoms with Crippen molar-refractivity contribution in [1.29, 1.82) is 0 Å². The van der Waals surface area contributed by atoms with Crippen LogP contribution in [0.2, 0.25) is 0 Å². The average molecular weight is 310 g/mol. The number of amides is 1. The van der Waals surface area contributed by atoms with Crippen LogP contribution in [0.3, 0.4) is 0 Å². The molecule has 0 saturated carbocycles. The molecule has 0 N–H and O–H groups in total. The maximum atomic E-state index is 13.8. The number of nitrogens with zero attached hydrogens (tertiary/aromatic N) is 1. The van der Waals surface area contributed by atoms with E-state index in [0.717, 1.165) is 0 Å². The van der Waals surface area contributed by atoms with Gasteiger partial charge < -0.3 is 9.64 Å². The van der Waals surface area contributed by atoms with Crippen molar-refractivity contribution >= 4 is 28.3 Å². The molecule has 2 aromatic carbocycles. The van der Waals surface area contributed by atoms with Gasteiger partial charge in [-0.25, -0.2) is 4.39 Å². The van der Waals surface area contributed by atoms with Gasteiger partial charge in [0, 0.05) is 31.7 Å². The van der Waals surface area contributed by atoms with Crippen LogP contribution in [0.25, 0.3) is 10.8 Å². The highest BCUT2D eigenvalue weighted by Gasteiger charge is 2.18. The number of rotatable bonds is 5. The lowest BCUT2D eigenvalue weighted by molar-refractivity contribution is 0.0783. The third-order valence-corrected chi connectivity index (χ3v) is 3.53. The zero-order valence-electron chi connectivity index (χ0n) is 12.0. The van der Waals surface area contributed by atoms with Crippen LogP contribution >= 0.6 is 11.6 Å². The number of carbonyl (C=O) groups excluding carboxylic acids is 1. The average Bonchev–Trinajstić information content (AvgIpc) is 2.47. The molecule has 1 atom stereocenters. The Morgan fingerprint density at radius 1 is 1.29 bits per heavy atom. The van der Waals surface area contributed by atoms with E-state index in [1.807, 2.05) is 0 Å². The van der Waals surface area contributed by atoms with Gasteiger partial charge in [0.05, 0.1) is 12.0 Å². The minimum absolute atomic E-state index is 0.187. The first-order valence-corrected chi connectivity index (χ1v) is 7.04. The Hall–Kier alpha value is -1.65. The molecule has 5 heteroatoms. The van der Waals surface area contributed by atoms with Crippen LogP contribution in [0.15, 0.2) is 36.4 Å². The smallest absolute Gasteiger partial charge is 0.254 e. The van der Waals surface area contributed by atoms with Crippen LogP contribution in [-0.2, 0) is 4.74 Å². The van der Waals surface area contributed by atoms with E-state index in [4.69, 9.17) is 16.3 Å². The number of halogens is 2. The summed E-state index contributed by atoms with van der Waals surface area (Å²) in [5.41, 5.74) is 0.468. The number of alkyl halides is 1. The molecule has 2 aromatic rings. The summed E-state index contributed by atoms with van der Waals surface area (Å²) < 4.78 is 18.7. The van der Waals surface area contributed by atoms with Gasteiger partial charge in [-0.05, 0) is 17.5 Å². The van der Waals surface area contributed by atoms with Gasteiger partial charge in [0.1, 0.15) is 5.82 Å². The van der Waals surface area contributed by atoms with Crippen molar-refractivity contribution in [2.75, 3.05) is 27.3 Å². The second-order valence-corrected chi connectivity index (χ2v) is 5.50. The Balaban J connectivity index is 2.29. The predicted molar refractivity (Wildman–Crippen MR) is 82.4 cm³/mol. The molecule has 0 fully saturated rings. The minimum Gasteiger partial charge on any atom is -0.383 e. The molecule has 0 aliphatic carbocycles. The third kappa shape index (κ3) is 3.52. The molecule has 3 nitrogen and oxygen atoms in total. The van der Waals surface area contributed by atoms with E-state index in [0.29, 0.717) is 29.5 Å². The molecular weight excluding hydrogens is 293 g/mol. The number of methoxy groups -OCH3 is 1. The van der Waals surface area contributed by atoms with E-state index in [1.165, 1.54) is 17.0 Å². The lowest BCUT2D eigenvalue weighted by Gasteiger charge is -2.21. The van der Waals surface area contributed by atoms with Crippen molar-refractivity contribution < 1.29 is 13.9 Å². The normalized spacial score (nSPS) is 12.4. The number of hydrogen-bond acceptors (Lipinski definition) is 2.